The van der Waals surface area contributed by atoms with Crippen molar-refractivity contribution in [3.05, 3.63) is 83.4 Å². The zero-order valence-electron chi connectivity index (χ0n) is 18.8. The first-order chi connectivity index (χ1) is 16.5. The minimum Gasteiger partial charge on any atom is -0.345 e. The number of hydrogen-bond acceptors (Lipinski definition) is 4. The maximum absolute atomic E-state index is 12.9. The van der Waals surface area contributed by atoms with E-state index < -0.39 is 17.8 Å². The van der Waals surface area contributed by atoms with Crippen LogP contribution in [-0.4, -0.2) is 36.8 Å². The van der Waals surface area contributed by atoms with Crippen molar-refractivity contribution in [3.8, 4) is 11.1 Å². The van der Waals surface area contributed by atoms with Crippen LogP contribution in [0.4, 0.5) is 29.3 Å². The van der Waals surface area contributed by atoms with Gasteiger partial charge in [-0.25, -0.2) is 10.6 Å². The number of alkyl halides is 3. The zero-order valence-corrected chi connectivity index (χ0v) is 18.8. The second-order valence-electron chi connectivity index (χ2n) is 7.71. The first-order valence-electron chi connectivity index (χ1n) is 10.3. The fourth-order valence-electron chi connectivity index (χ4n) is 3.24. The summed E-state index contributed by atoms with van der Waals surface area (Å²) < 4.78 is 38.8. The molecule has 0 aliphatic heterocycles. The van der Waals surface area contributed by atoms with Gasteiger partial charge in [0.15, 0.2) is 0 Å². The maximum Gasteiger partial charge on any atom is 0.416 e. The molecule has 3 rings (SSSR count). The predicted molar refractivity (Wildman–Crippen MR) is 128 cm³/mol. The van der Waals surface area contributed by atoms with E-state index in [0.29, 0.717) is 11.1 Å². The lowest BCUT2D eigenvalue weighted by molar-refractivity contribution is -0.137. The topological polar surface area (TPSA) is 123 Å². The molecule has 8 nitrogen and oxygen atoms in total. The average Bonchev–Trinajstić information content (AvgIpc) is 2.83. The molecule has 0 aromatic heterocycles. The molecule has 0 heterocycles. The highest BCUT2D eigenvalue weighted by atomic mass is 19.4. The summed E-state index contributed by atoms with van der Waals surface area (Å²) in [6, 6.07) is 15.1. The Balaban J connectivity index is 1.84. The van der Waals surface area contributed by atoms with Gasteiger partial charge in [-0.1, -0.05) is 24.3 Å². The van der Waals surface area contributed by atoms with Gasteiger partial charge in [-0.3, -0.25) is 10.2 Å². The van der Waals surface area contributed by atoms with Crippen LogP contribution in [0.1, 0.15) is 21.5 Å². The maximum atomic E-state index is 12.9. The minimum absolute atomic E-state index is 0.0464. The number of nitrogens with two attached hydrogens (primary N) is 1. The molecule has 182 valence electrons. The van der Waals surface area contributed by atoms with Crippen molar-refractivity contribution < 1.29 is 22.8 Å². The molecular formula is C24H23F3N6O2. The molecule has 0 atom stereocenters. The summed E-state index contributed by atoms with van der Waals surface area (Å²) in [5, 5.41) is 13.0. The van der Waals surface area contributed by atoms with E-state index in [2.05, 4.69) is 16.1 Å². The smallest absolute Gasteiger partial charge is 0.345 e. The quantitative estimate of drug-likeness (QED) is 0.158. The van der Waals surface area contributed by atoms with E-state index in [1.165, 1.54) is 17.0 Å². The van der Waals surface area contributed by atoms with E-state index in [0.717, 1.165) is 17.7 Å². The van der Waals surface area contributed by atoms with Crippen LogP contribution in [0.3, 0.4) is 0 Å². The molecule has 3 amide bonds. The third kappa shape index (κ3) is 6.15. The van der Waals surface area contributed by atoms with E-state index in [9.17, 15) is 22.8 Å². The first kappa shape index (κ1) is 25.2. The van der Waals surface area contributed by atoms with E-state index in [1.807, 2.05) is 0 Å². The number of benzene rings is 3. The molecule has 0 aliphatic rings. The molecular weight excluding hydrogens is 461 g/mol. The molecule has 6 N–H and O–H groups in total. The number of anilines is 2. The Morgan fingerprint density at radius 2 is 1.57 bits per heavy atom. The number of hydrazine groups is 1. The Kier molecular flexibility index (Phi) is 7.40. The number of carbonyl (C=O) groups is 2. The van der Waals surface area contributed by atoms with Crippen LogP contribution in [0.2, 0.25) is 0 Å². The summed E-state index contributed by atoms with van der Waals surface area (Å²) in [4.78, 5) is 26.0. The minimum atomic E-state index is -4.54. The number of urea groups is 1. The Morgan fingerprint density at radius 1 is 0.914 bits per heavy atom. The van der Waals surface area contributed by atoms with Gasteiger partial charge in [0.05, 0.1) is 11.3 Å². The molecule has 3 aromatic carbocycles. The van der Waals surface area contributed by atoms with Gasteiger partial charge in [0.25, 0.3) is 5.91 Å². The van der Waals surface area contributed by atoms with Gasteiger partial charge in [-0.2, -0.15) is 13.2 Å². The Labute approximate surface area is 199 Å². The second-order valence-corrected chi connectivity index (χ2v) is 7.71. The SMILES string of the molecule is CN(C)C(=O)c1ccc(-c2ccc(NC(=O)Nc3cccc(C(F)(F)F)c3)c(C(=N)NN)c2)cc1. The molecule has 0 bridgehead atoms. The van der Waals surface area contributed by atoms with Crippen LogP contribution >= 0.6 is 0 Å². The Bertz CT molecular complexity index is 1260. The van der Waals surface area contributed by atoms with Crippen LogP contribution in [-0.2, 0) is 6.18 Å². The van der Waals surface area contributed by atoms with Crippen LogP contribution in [0.25, 0.3) is 11.1 Å². The molecule has 3 aromatic rings. The van der Waals surface area contributed by atoms with Crippen LogP contribution in [0, 0.1) is 5.41 Å². The number of halogens is 3. The lowest BCUT2D eigenvalue weighted by atomic mass is 10.00. The molecule has 0 saturated carbocycles. The fraction of sp³-hybridized carbons (Fsp3) is 0.125. The molecule has 0 spiro atoms. The van der Waals surface area contributed by atoms with Gasteiger partial charge >= 0.3 is 12.2 Å². The molecule has 0 aliphatic carbocycles. The van der Waals surface area contributed by atoms with Gasteiger partial charge in [0.1, 0.15) is 5.84 Å². The Morgan fingerprint density at radius 3 is 2.17 bits per heavy atom. The lowest BCUT2D eigenvalue weighted by Crippen LogP contribution is -2.31. The molecule has 11 heteroatoms. The third-order valence-corrected chi connectivity index (χ3v) is 5.00. The van der Waals surface area contributed by atoms with Gasteiger partial charge in [-0.05, 0) is 53.6 Å². The van der Waals surface area contributed by atoms with E-state index in [1.54, 1.807) is 56.6 Å². The number of nitrogens with zero attached hydrogens (tertiary/aromatic N) is 1. The van der Waals surface area contributed by atoms with Crippen LogP contribution < -0.4 is 21.9 Å². The van der Waals surface area contributed by atoms with Crippen molar-refractivity contribution in [2.75, 3.05) is 24.7 Å². The summed E-state index contributed by atoms with van der Waals surface area (Å²) in [6.45, 7) is 0. The van der Waals surface area contributed by atoms with Gasteiger partial charge in [-0.15, -0.1) is 0 Å². The summed E-state index contributed by atoms with van der Waals surface area (Å²) in [5.41, 5.74) is 3.69. The Hall–Kier alpha value is -4.38. The molecule has 0 radical (unpaired) electrons. The highest BCUT2D eigenvalue weighted by Crippen LogP contribution is 2.31. The number of carbonyl (C=O) groups excluding carboxylic acids is 2. The number of amides is 3. The highest BCUT2D eigenvalue weighted by molar-refractivity contribution is 6.08. The monoisotopic (exact) mass is 484 g/mol. The van der Waals surface area contributed by atoms with Crippen molar-refractivity contribution in [3.63, 3.8) is 0 Å². The summed E-state index contributed by atoms with van der Waals surface area (Å²) >= 11 is 0. The number of hydrogen-bond donors (Lipinski definition) is 5. The highest BCUT2D eigenvalue weighted by Gasteiger charge is 2.30. The van der Waals surface area contributed by atoms with Crippen LogP contribution in [0.5, 0.6) is 0 Å². The lowest BCUT2D eigenvalue weighted by Gasteiger charge is -2.15. The number of rotatable bonds is 5. The molecule has 0 saturated heterocycles. The zero-order chi connectivity index (χ0) is 25.8. The summed E-state index contributed by atoms with van der Waals surface area (Å²) in [6.07, 6.45) is -4.54. The number of amidine groups is 1. The molecule has 35 heavy (non-hydrogen) atoms. The van der Waals surface area contributed by atoms with Crippen molar-refractivity contribution in [2.45, 2.75) is 6.18 Å². The largest absolute Gasteiger partial charge is 0.416 e. The van der Waals surface area contributed by atoms with Gasteiger partial charge in [0.2, 0.25) is 0 Å². The number of nitrogens with one attached hydrogen (secondary N) is 4. The van der Waals surface area contributed by atoms with Gasteiger partial charge in [0, 0.05) is 30.9 Å². The average molecular weight is 484 g/mol. The molecule has 0 unspecified atom stereocenters. The van der Waals surface area contributed by atoms with Crippen molar-refractivity contribution in [2.24, 2.45) is 5.84 Å². The fourth-order valence-corrected chi connectivity index (χ4v) is 3.24. The van der Waals surface area contributed by atoms with Crippen molar-refractivity contribution >= 4 is 29.1 Å². The summed E-state index contributed by atoms with van der Waals surface area (Å²) in [7, 11) is 3.31. The van der Waals surface area contributed by atoms with E-state index in [-0.39, 0.29) is 28.7 Å². The van der Waals surface area contributed by atoms with E-state index in [4.69, 9.17) is 11.3 Å². The second kappa shape index (κ2) is 10.3. The van der Waals surface area contributed by atoms with Crippen LogP contribution in [0.15, 0.2) is 66.7 Å². The predicted octanol–water partition coefficient (Wildman–Crippen LogP) is 4.51. The standard InChI is InChI=1S/C24H23F3N6O2/c1-33(2)22(34)15-8-6-14(7-9-15)16-10-11-20(19(12-16)21(28)32-29)31-23(35)30-18-5-3-4-17(13-18)24(25,26)27/h3-13H,29H2,1-2H3,(H2,28,32)(H2,30,31,35). The van der Waals surface area contributed by atoms with Crippen molar-refractivity contribution in [1.29, 1.82) is 5.41 Å². The van der Waals surface area contributed by atoms with Gasteiger partial charge < -0.3 is 21.0 Å². The van der Waals surface area contributed by atoms with Crippen molar-refractivity contribution in [1.82, 2.24) is 10.3 Å². The van der Waals surface area contributed by atoms with E-state index >= 15 is 0 Å². The molecule has 0 fully saturated rings. The third-order valence-electron chi connectivity index (χ3n) is 5.00. The summed E-state index contributed by atoms with van der Waals surface area (Å²) in [5.74, 6) is 5.07. The first-order valence-corrected chi connectivity index (χ1v) is 10.3. The normalized spacial score (nSPS) is 10.9.